The third kappa shape index (κ3) is 10.1. The Morgan fingerprint density at radius 1 is 0.859 bits per heavy atom. The van der Waals surface area contributed by atoms with Crippen molar-refractivity contribution in [2.24, 2.45) is 0 Å². The van der Waals surface area contributed by atoms with Gasteiger partial charge < -0.3 is 33.6 Å². The van der Waals surface area contributed by atoms with Crippen molar-refractivity contribution >= 4 is 50.4 Å². The molecule has 1 fully saturated rings. The summed E-state index contributed by atoms with van der Waals surface area (Å²) in [6.45, 7) is 14.3. The van der Waals surface area contributed by atoms with Gasteiger partial charge in [0.25, 0.3) is 21.9 Å². The highest BCUT2D eigenvalue weighted by Crippen LogP contribution is 2.52. The van der Waals surface area contributed by atoms with E-state index in [1.807, 2.05) is 44.2 Å². The maximum atomic E-state index is 12.5. The number of amides is 2. The van der Waals surface area contributed by atoms with Crippen molar-refractivity contribution in [2.45, 2.75) is 95.1 Å². The number of unbranched alkanes of at least 4 members (excludes halogenated alkanes) is 2. The molecule has 4 heterocycles. The molecule has 4 aliphatic heterocycles. The molecule has 3 aromatic carbocycles. The first kappa shape index (κ1) is 46.7. The summed E-state index contributed by atoms with van der Waals surface area (Å²) in [4.78, 5) is 45.9. The van der Waals surface area contributed by atoms with E-state index in [1.165, 1.54) is 6.07 Å². The smallest absolute Gasteiger partial charge is 0.333 e. The maximum absolute atomic E-state index is 12.5. The molecule has 0 radical (unpaired) electrons. The van der Waals surface area contributed by atoms with Crippen molar-refractivity contribution in [3.63, 3.8) is 0 Å². The summed E-state index contributed by atoms with van der Waals surface area (Å²) in [6, 6.07) is 19.1. The van der Waals surface area contributed by atoms with Crippen LogP contribution in [0.15, 0.2) is 89.5 Å². The van der Waals surface area contributed by atoms with E-state index in [2.05, 4.69) is 60.9 Å². The van der Waals surface area contributed by atoms with Crippen LogP contribution in [-0.4, -0.2) is 94.6 Å². The minimum Gasteiger partial charge on any atom is -0.481 e. The van der Waals surface area contributed by atoms with E-state index >= 15 is 0 Å². The second-order valence-corrected chi connectivity index (χ2v) is 19.0. The molecule has 0 bridgehead atoms. The van der Waals surface area contributed by atoms with Gasteiger partial charge in [-0.05, 0) is 92.3 Å². The van der Waals surface area contributed by atoms with Crippen LogP contribution in [0.3, 0.4) is 0 Å². The molecule has 1 N–H and O–H groups in total. The number of nitrogens with zero attached hydrogens (tertiary/aromatic N) is 3. The third-order valence-electron chi connectivity index (χ3n) is 12.3. The fourth-order valence-electron chi connectivity index (χ4n) is 9.00. The van der Waals surface area contributed by atoms with Crippen LogP contribution in [-0.2, 0) is 49.0 Å². The van der Waals surface area contributed by atoms with Crippen molar-refractivity contribution in [3.05, 3.63) is 107 Å². The average Bonchev–Trinajstić information content (AvgIpc) is 3.67. The zero-order chi connectivity index (χ0) is 45.8. The van der Waals surface area contributed by atoms with E-state index in [-0.39, 0.29) is 29.7 Å². The van der Waals surface area contributed by atoms with Crippen LogP contribution in [0, 0.1) is 0 Å². The van der Waals surface area contributed by atoms with Gasteiger partial charge in [0.1, 0.15) is 11.9 Å². The Labute approximate surface area is 376 Å². The summed E-state index contributed by atoms with van der Waals surface area (Å²) in [7, 11) is -2.84. The molecule has 0 aliphatic carbocycles. The van der Waals surface area contributed by atoms with Crippen LogP contribution in [0.2, 0.25) is 0 Å². The molecule has 64 heavy (non-hydrogen) atoms. The SMILES string of the molecule is COCCOCCOCCN1c2cc3c(cc2C(C)=CC1(C)C)C(/C=C1\N(CCCCCC(=O)ON2C(=O)CCC2=O)c2ccc(S(=O)(=O)O)cc2C1(C)C)=CC(c1ccccc1)O3. The number of benzene rings is 3. The first-order valence-electron chi connectivity index (χ1n) is 21.9. The average molecular weight is 898 g/mol. The number of rotatable bonds is 19. The van der Waals surface area contributed by atoms with Gasteiger partial charge in [-0.15, -0.1) is 5.06 Å². The van der Waals surface area contributed by atoms with Crippen LogP contribution in [0.1, 0.15) is 102 Å². The standard InChI is InChI=1S/C49H59N3O11S/c1-33-32-48(2,3)51(21-22-60-25-26-61-24-23-59-6)41-31-43-38(30-37(33)41)35(27-42(62-43)34-13-9-7-10-14-34)28-44-49(4,5)39-29-36(64(56,57)58)16-17-40(39)50(44)20-12-8-11-15-47(55)63-52-45(53)18-19-46(52)54/h7,9-10,13-14,16-17,27-32,42H,8,11-12,15,18-26H2,1-6H3,(H,56,57,58)/b44-28-. The molecule has 1 unspecified atom stereocenters. The number of carbonyl (C=O) groups is 3. The summed E-state index contributed by atoms with van der Waals surface area (Å²) in [5, 5.41) is 0.569. The Kier molecular flexibility index (Phi) is 14.2. The number of allylic oxidation sites excluding steroid dienone is 4. The molecule has 2 amide bonds. The molecule has 3 aromatic rings. The number of hydrogen-bond donors (Lipinski definition) is 1. The fraction of sp³-hybridized carbons (Fsp3) is 0.449. The Morgan fingerprint density at radius 2 is 1.56 bits per heavy atom. The minimum absolute atomic E-state index is 0.0308. The highest BCUT2D eigenvalue weighted by atomic mass is 32.2. The van der Waals surface area contributed by atoms with Gasteiger partial charge >= 0.3 is 5.97 Å². The van der Waals surface area contributed by atoms with Gasteiger partial charge in [0.2, 0.25) is 0 Å². The molecule has 0 saturated carbocycles. The van der Waals surface area contributed by atoms with Crippen LogP contribution < -0.4 is 14.5 Å². The first-order chi connectivity index (χ1) is 30.5. The Morgan fingerprint density at radius 3 is 2.27 bits per heavy atom. The number of ether oxygens (including phenoxy) is 4. The van der Waals surface area contributed by atoms with Gasteiger partial charge in [0.05, 0.1) is 43.5 Å². The predicted molar refractivity (Wildman–Crippen MR) is 243 cm³/mol. The van der Waals surface area contributed by atoms with Crippen LogP contribution in [0.5, 0.6) is 5.75 Å². The van der Waals surface area contributed by atoms with Crippen molar-refractivity contribution in [1.82, 2.24) is 5.06 Å². The summed E-state index contributed by atoms with van der Waals surface area (Å²) >= 11 is 0. The number of anilines is 2. The van der Waals surface area contributed by atoms with Gasteiger partial charge in [0, 0.05) is 79.1 Å². The van der Waals surface area contributed by atoms with Crippen LogP contribution in [0.25, 0.3) is 11.1 Å². The van der Waals surface area contributed by atoms with Gasteiger partial charge in [-0.1, -0.05) is 56.7 Å². The highest BCUT2D eigenvalue weighted by Gasteiger charge is 2.42. The maximum Gasteiger partial charge on any atom is 0.333 e. The largest absolute Gasteiger partial charge is 0.481 e. The highest BCUT2D eigenvalue weighted by molar-refractivity contribution is 7.85. The van der Waals surface area contributed by atoms with Gasteiger partial charge in [-0.25, -0.2) is 4.79 Å². The molecule has 0 spiro atoms. The fourth-order valence-corrected chi connectivity index (χ4v) is 9.50. The topological polar surface area (TPSA) is 161 Å². The van der Waals surface area contributed by atoms with E-state index in [9.17, 15) is 27.4 Å². The van der Waals surface area contributed by atoms with Crippen LogP contribution in [0.4, 0.5) is 11.4 Å². The Balaban J connectivity index is 1.21. The minimum atomic E-state index is -4.49. The number of hydrogen-bond acceptors (Lipinski definition) is 12. The van der Waals surface area contributed by atoms with Crippen molar-refractivity contribution in [1.29, 1.82) is 0 Å². The normalized spacial score (nSPS) is 19.3. The lowest BCUT2D eigenvalue weighted by molar-refractivity contribution is -0.197. The number of carbonyl (C=O) groups excluding carboxylic acids is 3. The third-order valence-corrected chi connectivity index (χ3v) is 13.1. The van der Waals surface area contributed by atoms with E-state index in [4.69, 9.17) is 23.8 Å². The molecule has 342 valence electrons. The van der Waals surface area contributed by atoms with E-state index in [0.29, 0.717) is 70.4 Å². The summed E-state index contributed by atoms with van der Waals surface area (Å²) in [5.41, 5.74) is 7.54. The molecular weight excluding hydrogens is 839 g/mol. The van der Waals surface area contributed by atoms with Gasteiger partial charge in [-0.2, -0.15) is 8.42 Å². The summed E-state index contributed by atoms with van der Waals surface area (Å²) in [5.74, 6) is -0.947. The van der Waals surface area contributed by atoms with E-state index < -0.39 is 39.4 Å². The summed E-state index contributed by atoms with van der Waals surface area (Å²) < 4.78 is 58.5. The lowest BCUT2D eigenvalue weighted by Gasteiger charge is -2.44. The zero-order valence-electron chi connectivity index (χ0n) is 37.6. The predicted octanol–water partition coefficient (Wildman–Crippen LogP) is 7.98. The van der Waals surface area contributed by atoms with Gasteiger partial charge in [-0.3, -0.25) is 14.1 Å². The molecule has 4 aliphatic rings. The molecule has 1 atom stereocenters. The monoisotopic (exact) mass is 897 g/mol. The number of imide groups is 1. The molecule has 7 rings (SSSR count). The second kappa shape index (κ2) is 19.4. The Bertz CT molecular complexity index is 2440. The number of hydroxylamine groups is 2. The van der Waals surface area contributed by atoms with Gasteiger partial charge in [0.15, 0.2) is 0 Å². The second-order valence-electron chi connectivity index (χ2n) is 17.6. The van der Waals surface area contributed by atoms with E-state index in [1.54, 1.807) is 19.2 Å². The summed E-state index contributed by atoms with van der Waals surface area (Å²) in [6.07, 6.45) is 8.02. The zero-order valence-corrected chi connectivity index (χ0v) is 38.4. The van der Waals surface area contributed by atoms with Crippen LogP contribution >= 0.6 is 0 Å². The lowest BCUT2D eigenvalue weighted by Crippen LogP contribution is -2.47. The molecule has 1 saturated heterocycles. The quantitative estimate of drug-likeness (QED) is 0.0701. The molecule has 14 nitrogen and oxygen atoms in total. The van der Waals surface area contributed by atoms with Crippen molar-refractivity contribution in [2.75, 3.05) is 63.0 Å². The van der Waals surface area contributed by atoms with E-state index in [0.717, 1.165) is 56.2 Å². The molecular formula is C49H59N3O11S. The Hall–Kier alpha value is -5.32. The molecule has 0 aromatic heterocycles. The number of fused-ring (bicyclic) bond motifs is 3. The van der Waals surface area contributed by atoms with Crippen molar-refractivity contribution in [3.8, 4) is 5.75 Å². The lowest BCUT2D eigenvalue weighted by atomic mass is 9.81. The number of methoxy groups -OCH3 is 1. The first-order valence-corrected chi connectivity index (χ1v) is 23.4. The molecule has 15 heteroatoms. The van der Waals surface area contributed by atoms with Crippen molar-refractivity contribution < 1.29 is 51.1 Å².